The maximum absolute atomic E-state index is 9.43. The maximum Gasteiger partial charge on any atom is 0.0639 e. The topological polar surface area (TPSA) is 20.2 Å². The highest BCUT2D eigenvalue weighted by Gasteiger charge is 2.13. The molecule has 0 saturated carbocycles. The molecule has 0 heterocycles. The van der Waals surface area contributed by atoms with E-state index in [1.54, 1.807) is 11.8 Å². The molecule has 0 aromatic heterocycles. The molecule has 0 radical (unpaired) electrons. The lowest BCUT2D eigenvalue weighted by Crippen LogP contribution is -2.16. The summed E-state index contributed by atoms with van der Waals surface area (Å²) in [4.78, 5) is 0. The Labute approximate surface area is 79.9 Å². The Hall–Kier alpha value is -0.130. The van der Waals surface area contributed by atoms with E-state index in [-0.39, 0.29) is 10.9 Å². The summed E-state index contributed by atoms with van der Waals surface area (Å²) in [5.74, 6) is 3.31. The van der Waals surface area contributed by atoms with Crippen LogP contribution < -0.4 is 0 Å². The molecule has 1 N–H and O–H groups in total. The van der Waals surface area contributed by atoms with Crippen LogP contribution >= 0.6 is 11.8 Å². The van der Waals surface area contributed by atoms with Crippen molar-refractivity contribution in [2.45, 2.75) is 44.5 Å². The van der Waals surface area contributed by atoms with Gasteiger partial charge in [-0.15, -0.1) is 12.3 Å². The molecule has 0 aliphatic rings. The van der Waals surface area contributed by atoms with Crippen LogP contribution in [0.5, 0.6) is 0 Å². The zero-order valence-electron chi connectivity index (χ0n) is 8.13. The van der Waals surface area contributed by atoms with Gasteiger partial charge in [0.25, 0.3) is 0 Å². The molecule has 2 heteroatoms. The molecule has 70 valence electrons. The van der Waals surface area contributed by atoms with Crippen LogP contribution in [-0.4, -0.2) is 21.7 Å². The van der Waals surface area contributed by atoms with Crippen molar-refractivity contribution in [3.05, 3.63) is 0 Å². The minimum atomic E-state index is -0.245. The number of rotatable bonds is 4. The largest absolute Gasteiger partial charge is 0.392 e. The van der Waals surface area contributed by atoms with Crippen molar-refractivity contribution in [1.82, 2.24) is 0 Å². The molecule has 0 aliphatic carbocycles. The normalized spacial score (nSPS) is 13.9. The summed E-state index contributed by atoms with van der Waals surface area (Å²) in [6.45, 7) is 6.43. The lowest BCUT2D eigenvalue weighted by atomic mass is 10.2. The van der Waals surface area contributed by atoms with Gasteiger partial charge in [-0.05, 0) is 6.42 Å². The molecule has 1 nitrogen and oxygen atoms in total. The summed E-state index contributed by atoms with van der Waals surface area (Å²) in [7, 11) is 0. The van der Waals surface area contributed by atoms with Crippen LogP contribution in [0, 0.1) is 12.3 Å². The summed E-state index contributed by atoms with van der Waals surface area (Å²) in [6.07, 6.45) is 6.24. The van der Waals surface area contributed by atoms with E-state index in [2.05, 4.69) is 26.7 Å². The fourth-order valence-electron chi connectivity index (χ4n) is 0.679. The maximum atomic E-state index is 9.43. The molecule has 0 aromatic carbocycles. The van der Waals surface area contributed by atoms with Crippen molar-refractivity contribution in [3.8, 4) is 12.3 Å². The lowest BCUT2D eigenvalue weighted by molar-refractivity contribution is 0.191. The molecule has 1 atom stereocenters. The molecule has 0 fully saturated rings. The highest BCUT2D eigenvalue weighted by Crippen LogP contribution is 2.24. The molecule has 0 saturated heterocycles. The highest BCUT2D eigenvalue weighted by molar-refractivity contribution is 8.00. The third-order valence-corrected chi connectivity index (χ3v) is 2.75. The standard InChI is InChI=1S/C10H18OS/c1-5-6-7-9(11)8-12-10(2,3)4/h1,9,11H,6-8H2,2-4H3. The van der Waals surface area contributed by atoms with Crippen LogP contribution in [0.1, 0.15) is 33.6 Å². The van der Waals surface area contributed by atoms with Gasteiger partial charge in [0.05, 0.1) is 6.10 Å². The molecule has 0 aliphatic heterocycles. The summed E-state index contributed by atoms with van der Waals surface area (Å²) in [6, 6.07) is 0. The number of aliphatic hydroxyl groups is 1. The predicted molar refractivity (Wildman–Crippen MR) is 56.3 cm³/mol. The molecule has 0 rings (SSSR count). The molecular formula is C10H18OS. The van der Waals surface area contributed by atoms with E-state index < -0.39 is 0 Å². The van der Waals surface area contributed by atoms with E-state index >= 15 is 0 Å². The second kappa shape index (κ2) is 5.50. The van der Waals surface area contributed by atoms with Crippen LogP contribution in [0.15, 0.2) is 0 Å². The molecule has 1 unspecified atom stereocenters. The Balaban J connectivity index is 3.45. The number of terminal acetylenes is 1. The highest BCUT2D eigenvalue weighted by atomic mass is 32.2. The van der Waals surface area contributed by atoms with Crippen molar-refractivity contribution < 1.29 is 5.11 Å². The zero-order chi connectivity index (χ0) is 9.61. The average molecular weight is 186 g/mol. The van der Waals surface area contributed by atoms with E-state index in [9.17, 15) is 5.11 Å². The second-order valence-corrected chi connectivity index (χ2v) is 5.67. The van der Waals surface area contributed by atoms with Gasteiger partial charge in [-0.25, -0.2) is 0 Å². The zero-order valence-corrected chi connectivity index (χ0v) is 8.95. The lowest BCUT2D eigenvalue weighted by Gasteiger charge is -2.19. The first-order valence-electron chi connectivity index (χ1n) is 4.21. The monoisotopic (exact) mass is 186 g/mol. The summed E-state index contributed by atoms with van der Waals surface area (Å²) < 4.78 is 0.233. The molecule has 0 bridgehead atoms. The average Bonchev–Trinajstić information content (AvgIpc) is 1.95. The Morgan fingerprint density at radius 1 is 1.50 bits per heavy atom. The summed E-state index contributed by atoms with van der Waals surface area (Å²) >= 11 is 1.77. The van der Waals surface area contributed by atoms with E-state index in [1.807, 2.05) is 0 Å². The Morgan fingerprint density at radius 3 is 2.50 bits per heavy atom. The first kappa shape index (κ1) is 11.9. The van der Waals surface area contributed by atoms with Gasteiger partial charge in [-0.1, -0.05) is 20.8 Å². The van der Waals surface area contributed by atoms with Crippen molar-refractivity contribution >= 4 is 11.8 Å². The molecule has 12 heavy (non-hydrogen) atoms. The second-order valence-electron chi connectivity index (χ2n) is 3.82. The van der Waals surface area contributed by atoms with Crippen LogP contribution in [0.25, 0.3) is 0 Å². The van der Waals surface area contributed by atoms with Gasteiger partial charge >= 0.3 is 0 Å². The first-order chi connectivity index (χ1) is 5.45. The van der Waals surface area contributed by atoms with Gasteiger partial charge in [0.15, 0.2) is 0 Å². The van der Waals surface area contributed by atoms with E-state index in [4.69, 9.17) is 6.42 Å². The fourth-order valence-corrected chi connectivity index (χ4v) is 1.54. The number of aliphatic hydroxyl groups excluding tert-OH is 1. The number of thioether (sulfide) groups is 1. The van der Waals surface area contributed by atoms with Crippen molar-refractivity contribution in [2.24, 2.45) is 0 Å². The first-order valence-corrected chi connectivity index (χ1v) is 5.20. The van der Waals surface area contributed by atoms with Crippen LogP contribution in [0.3, 0.4) is 0 Å². The number of hydrogen-bond donors (Lipinski definition) is 1. The van der Waals surface area contributed by atoms with Crippen LogP contribution in [0.2, 0.25) is 0 Å². The van der Waals surface area contributed by atoms with E-state index in [0.717, 1.165) is 12.2 Å². The van der Waals surface area contributed by atoms with Gasteiger partial charge in [0, 0.05) is 16.9 Å². The Kier molecular flexibility index (Phi) is 5.44. The minimum absolute atomic E-state index is 0.233. The quantitative estimate of drug-likeness (QED) is 0.680. The molecule has 0 amide bonds. The molecule has 0 aromatic rings. The Morgan fingerprint density at radius 2 is 2.08 bits per heavy atom. The third-order valence-electron chi connectivity index (χ3n) is 1.33. The molecule has 0 spiro atoms. The molecular weight excluding hydrogens is 168 g/mol. The number of hydrogen-bond acceptors (Lipinski definition) is 2. The van der Waals surface area contributed by atoms with Gasteiger partial charge < -0.3 is 5.11 Å². The minimum Gasteiger partial charge on any atom is -0.392 e. The van der Waals surface area contributed by atoms with E-state index in [1.165, 1.54) is 0 Å². The fraction of sp³-hybridized carbons (Fsp3) is 0.800. The predicted octanol–water partition coefficient (Wildman–Crippen LogP) is 2.29. The SMILES string of the molecule is C#CCCC(O)CSC(C)(C)C. The van der Waals surface area contributed by atoms with Crippen LogP contribution in [-0.2, 0) is 0 Å². The van der Waals surface area contributed by atoms with Gasteiger partial charge in [-0.3, -0.25) is 0 Å². The van der Waals surface area contributed by atoms with Crippen molar-refractivity contribution in [2.75, 3.05) is 5.75 Å². The smallest absolute Gasteiger partial charge is 0.0639 e. The van der Waals surface area contributed by atoms with E-state index in [0.29, 0.717) is 6.42 Å². The third kappa shape index (κ3) is 7.97. The summed E-state index contributed by atoms with van der Waals surface area (Å²) in [5, 5.41) is 9.43. The van der Waals surface area contributed by atoms with Gasteiger partial charge in [0.2, 0.25) is 0 Å². The Bertz CT molecular complexity index is 152. The van der Waals surface area contributed by atoms with Gasteiger partial charge in [-0.2, -0.15) is 11.8 Å². The van der Waals surface area contributed by atoms with Crippen LogP contribution in [0.4, 0.5) is 0 Å². The van der Waals surface area contributed by atoms with Crippen molar-refractivity contribution in [1.29, 1.82) is 0 Å². The van der Waals surface area contributed by atoms with Crippen molar-refractivity contribution in [3.63, 3.8) is 0 Å². The van der Waals surface area contributed by atoms with Gasteiger partial charge in [0.1, 0.15) is 0 Å². The summed E-state index contributed by atoms with van der Waals surface area (Å²) in [5.41, 5.74) is 0.